The van der Waals surface area contributed by atoms with E-state index in [2.05, 4.69) is 0 Å². The molecule has 12 heteroatoms. The molecule has 31 heavy (non-hydrogen) atoms. The van der Waals surface area contributed by atoms with E-state index in [4.69, 9.17) is 11.6 Å². The van der Waals surface area contributed by atoms with Crippen molar-refractivity contribution in [2.75, 3.05) is 40.3 Å². The van der Waals surface area contributed by atoms with Crippen molar-refractivity contribution in [2.24, 2.45) is 0 Å². The van der Waals surface area contributed by atoms with Gasteiger partial charge in [0.15, 0.2) is 0 Å². The van der Waals surface area contributed by atoms with Crippen molar-refractivity contribution in [1.29, 1.82) is 0 Å². The van der Waals surface area contributed by atoms with Crippen molar-refractivity contribution >= 4 is 37.6 Å². The minimum absolute atomic E-state index is 0.00208. The summed E-state index contributed by atoms with van der Waals surface area (Å²) < 4.78 is 65.8. The Morgan fingerprint density at radius 1 is 0.968 bits per heavy atom. The molecule has 3 rings (SSSR count). The number of amides is 1. The Bertz CT molecular complexity index is 1210. The van der Waals surface area contributed by atoms with Crippen molar-refractivity contribution in [2.45, 2.75) is 9.79 Å². The van der Waals surface area contributed by atoms with Crippen LogP contribution in [-0.4, -0.2) is 76.5 Å². The zero-order valence-electron chi connectivity index (χ0n) is 16.8. The summed E-state index contributed by atoms with van der Waals surface area (Å²) in [7, 11) is -4.78. The van der Waals surface area contributed by atoms with Crippen LogP contribution in [0.15, 0.2) is 52.3 Å². The normalized spacial score (nSPS) is 16.0. The van der Waals surface area contributed by atoms with Gasteiger partial charge >= 0.3 is 0 Å². The fraction of sp³-hybridized carbons (Fsp3) is 0.316. The fourth-order valence-corrected chi connectivity index (χ4v) is 5.74. The van der Waals surface area contributed by atoms with Gasteiger partial charge in [-0.2, -0.15) is 4.31 Å². The van der Waals surface area contributed by atoms with Crippen molar-refractivity contribution in [1.82, 2.24) is 13.5 Å². The minimum Gasteiger partial charge on any atom is -0.336 e. The number of hydrogen-bond acceptors (Lipinski definition) is 5. The average molecular weight is 490 g/mol. The lowest BCUT2D eigenvalue weighted by Crippen LogP contribution is -2.50. The second-order valence-corrected chi connectivity index (χ2v) is 11.6. The molecular formula is C19H21ClFN3O5S2. The first-order valence-electron chi connectivity index (χ1n) is 9.21. The number of carbonyl (C=O) groups excluding carboxylic acids is 1. The molecule has 0 aromatic heterocycles. The van der Waals surface area contributed by atoms with Gasteiger partial charge in [0.25, 0.3) is 5.91 Å². The average Bonchev–Trinajstić information content (AvgIpc) is 2.75. The van der Waals surface area contributed by atoms with Crippen molar-refractivity contribution in [3.05, 3.63) is 58.9 Å². The summed E-state index contributed by atoms with van der Waals surface area (Å²) in [5, 5.41) is -0.289. The van der Waals surface area contributed by atoms with E-state index in [1.165, 1.54) is 47.6 Å². The van der Waals surface area contributed by atoms with E-state index < -0.39 is 31.8 Å². The van der Waals surface area contributed by atoms with Gasteiger partial charge < -0.3 is 4.90 Å². The van der Waals surface area contributed by atoms with Gasteiger partial charge in [-0.1, -0.05) is 17.7 Å². The van der Waals surface area contributed by atoms with E-state index in [-0.39, 0.29) is 46.6 Å². The highest BCUT2D eigenvalue weighted by Crippen LogP contribution is 2.24. The monoisotopic (exact) mass is 489 g/mol. The van der Waals surface area contributed by atoms with E-state index in [9.17, 15) is 26.0 Å². The molecule has 0 spiro atoms. The summed E-state index contributed by atoms with van der Waals surface area (Å²) in [4.78, 5) is 14.2. The highest BCUT2D eigenvalue weighted by molar-refractivity contribution is 7.89. The zero-order chi connectivity index (χ0) is 23.0. The topological polar surface area (TPSA) is 95.1 Å². The SMILES string of the molecule is CN(C)S(=O)(=O)c1cccc(C(=O)N2CCN(S(=O)(=O)c3ccc(F)c(Cl)c3)CC2)c1. The van der Waals surface area contributed by atoms with Gasteiger partial charge in [-0.05, 0) is 36.4 Å². The lowest BCUT2D eigenvalue weighted by molar-refractivity contribution is 0.0697. The number of benzene rings is 2. The molecule has 0 bridgehead atoms. The molecule has 0 unspecified atom stereocenters. The Balaban J connectivity index is 1.74. The zero-order valence-corrected chi connectivity index (χ0v) is 19.2. The smallest absolute Gasteiger partial charge is 0.253 e. The molecule has 1 heterocycles. The number of sulfonamides is 2. The van der Waals surface area contributed by atoms with E-state index in [1.807, 2.05) is 0 Å². The van der Waals surface area contributed by atoms with Crippen LogP contribution in [0.2, 0.25) is 5.02 Å². The van der Waals surface area contributed by atoms with Gasteiger partial charge in [0, 0.05) is 45.8 Å². The van der Waals surface area contributed by atoms with Gasteiger partial charge in [0.2, 0.25) is 20.0 Å². The largest absolute Gasteiger partial charge is 0.336 e. The molecule has 0 saturated carbocycles. The van der Waals surface area contributed by atoms with Gasteiger partial charge in [0.05, 0.1) is 14.8 Å². The van der Waals surface area contributed by atoms with Crippen LogP contribution in [0.4, 0.5) is 4.39 Å². The van der Waals surface area contributed by atoms with Crippen molar-refractivity contribution in [3.8, 4) is 0 Å². The maximum Gasteiger partial charge on any atom is 0.253 e. The summed E-state index contributed by atoms with van der Waals surface area (Å²) in [5.41, 5.74) is 0.199. The quantitative estimate of drug-likeness (QED) is 0.639. The van der Waals surface area contributed by atoms with Gasteiger partial charge in [0.1, 0.15) is 5.82 Å². The Morgan fingerprint density at radius 2 is 1.61 bits per heavy atom. The predicted molar refractivity (Wildman–Crippen MR) is 113 cm³/mol. The second kappa shape index (κ2) is 8.83. The van der Waals surface area contributed by atoms with Gasteiger partial charge in [-0.25, -0.2) is 25.5 Å². The summed E-state index contributed by atoms with van der Waals surface area (Å²) in [6.07, 6.45) is 0. The summed E-state index contributed by atoms with van der Waals surface area (Å²) in [5.74, 6) is -1.10. The first kappa shape index (κ1) is 23.6. The first-order valence-corrected chi connectivity index (χ1v) is 12.5. The number of piperazine rings is 1. The highest BCUT2D eigenvalue weighted by Gasteiger charge is 2.31. The molecule has 2 aromatic rings. The molecule has 0 atom stereocenters. The molecule has 0 aliphatic carbocycles. The Hall–Kier alpha value is -2.05. The van der Waals surface area contributed by atoms with Crippen LogP contribution in [0.5, 0.6) is 0 Å². The molecule has 2 aromatic carbocycles. The Kier molecular flexibility index (Phi) is 6.72. The third kappa shape index (κ3) is 4.75. The number of rotatable bonds is 5. The highest BCUT2D eigenvalue weighted by atomic mass is 35.5. The van der Waals surface area contributed by atoms with Crippen LogP contribution >= 0.6 is 11.6 Å². The summed E-state index contributed by atoms with van der Waals surface area (Å²) >= 11 is 5.70. The van der Waals surface area contributed by atoms with E-state index >= 15 is 0 Å². The number of nitrogens with zero attached hydrogens (tertiary/aromatic N) is 3. The molecule has 0 N–H and O–H groups in total. The summed E-state index contributed by atoms with van der Waals surface area (Å²) in [6.45, 7) is 0.326. The molecule has 1 fully saturated rings. The molecule has 1 saturated heterocycles. The van der Waals surface area contributed by atoms with Crippen LogP contribution in [-0.2, 0) is 20.0 Å². The third-order valence-corrected chi connectivity index (χ3v) is 8.91. The molecule has 168 valence electrons. The Morgan fingerprint density at radius 3 is 2.19 bits per heavy atom. The second-order valence-electron chi connectivity index (χ2n) is 7.09. The standard InChI is InChI=1S/C19H21ClFN3O5S2/c1-22(2)30(26,27)15-5-3-4-14(12-15)19(25)23-8-10-24(11-9-23)31(28,29)16-6-7-18(21)17(20)13-16/h3-7,12-13H,8-11H2,1-2H3. The third-order valence-electron chi connectivity index (χ3n) is 4.91. The molecule has 1 aliphatic heterocycles. The molecule has 1 aliphatic rings. The van der Waals surface area contributed by atoms with Crippen LogP contribution in [0.1, 0.15) is 10.4 Å². The molecule has 0 radical (unpaired) electrons. The van der Waals surface area contributed by atoms with Gasteiger partial charge in [-0.3, -0.25) is 4.79 Å². The fourth-order valence-electron chi connectivity index (χ4n) is 3.10. The van der Waals surface area contributed by atoms with Crippen LogP contribution in [0, 0.1) is 5.82 Å². The number of halogens is 2. The van der Waals surface area contributed by atoms with Gasteiger partial charge in [-0.15, -0.1) is 0 Å². The van der Waals surface area contributed by atoms with Crippen LogP contribution in [0.25, 0.3) is 0 Å². The van der Waals surface area contributed by atoms with E-state index in [0.717, 1.165) is 22.5 Å². The minimum atomic E-state index is -3.89. The van der Waals surface area contributed by atoms with Crippen LogP contribution < -0.4 is 0 Å². The lowest BCUT2D eigenvalue weighted by Gasteiger charge is -2.34. The maximum atomic E-state index is 13.4. The van der Waals surface area contributed by atoms with E-state index in [1.54, 1.807) is 0 Å². The number of carbonyl (C=O) groups is 1. The predicted octanol–water partition coefficient (Wildman–Crippen LogP) is 1.88. The van der Waals surface area contributed by atoms with Crippen molar-refractivity contribution in [3.63, 3.8) is 0 Å². The molecular weight excluding hydrogens is 469 g/mol. The summed E-state index contributed by atoms with van der Waals surface area (Å²) in [6, 6.07) is 8.91. The molecule has 1 amide bonds. The Labute approximate surface area is 185 Å². The molecule has 8 nitrogen and oxygen atoms in total. The first-order chi connectivity index (χ1) is 14.4. The lowest BCUT2D eigenvalue weighted by atomic mass is 10.2. The van der Waals surface area contributed by atoms with Crippen molar-refractivity contribution < 1.29 is 26.0 Å². The maximum absolute atomic E-state index is 13.4. The van der Waals surface area contributed by atoms with E-state index in [0.29, 0.717) is 0 Å². The number of hydrogen-bond donors (Lipinski definition) is 0. The van der Waals surface area contributed by atoms with Crippen LogP contribution in [0.3, 0.4) is 0 Å².